The highest BCUT2D eigenvalue weighted by Crippen LogP contribution is 2.52. The van der Waals surface area contributed by atoms with Gasteiger partial charge < -0.3 is 15.5 Å². The molecule has 3 N–H and O–H groups in total. The van der Waals surface area contributed by atoms with Gasteiger partial charge >= 0.3 is 12.0 Å². The zero-order chi connectivity index (χ0) is 21.8. The Kier molecular flexibility index (Phi) is 6.19. The topological polar surface area (TPSA) is 92.6 Å². The molecule has 4 rings (SSSR count). The number of hydrogen-bond acceptors (Lipinski definition) is 8. The fourth-order valence-corrected chi connectivity index (χ4v) is 4.82. The summed E-state index contributed by atoms with van der Waals surface area (Å²) in [6, 6.07) is 13.4. The Morgan fingerprint density at radius 3 is 2.71 bits per heavy atom. The van der Waals surface area contributed by atoms with Crippen LogP contribution < -0.4 is 16.1 Å². The third-order valence-electron chi connectivity index (χ3n) is 4.83. The quantitative estimate of drug-likeness (QED) is 0.535. The molecule has 0 spiro atoms. The molecule has 0 saturated heterocycles. The fourth-order valence-electron chi connectivity index (χ4n) is 3.41. The second kappa shape index (κ2) is 9.03. The summed E-state index contributed by atoms with van der Waals surface area (Å²) in [5.41, 5.74) is 6.81. The molecule has 1 aliphatic rings. The first-order chi connectivity index (χ1) is 15.1. The van der Waals surface area contributed by atoms with E-state index in [1.807, 2.05) is 37.3 Å². The Morgan fingerprint density at radius 1 is 1.16 bits per heavy atom. The van der Waals surface area contributed by atoms with Crippen LogP contribution in [-0.4, -0.2) is 28.3 Å². The second-order valence-corrected chi connectivity index (χ2v) is 8.17. The zero-order valence-corrected chi connectivity index (χ0v) is 17.7. The molecule has 0 radical (unpaired) electrons. The van der Waals surface area contributed by atoms with Gasteiger partial charge in [0, 0.05) is 12.1 Å². The number of halogens is 2. The summed E-state index contributed by atoms with van der Waals surface area (Å²) in [7, 11) is 0. The van der Waals surface area contributed by atoms with Gasteiger partial charge in [-0.25, -0.2) is 8.78 Å². The largest absolute Gasteiger partial charge is 0.388 e. The maximum atomic E-state index is 14.6. The number of hydrazone groups is 1. The summed E-state index contributed by atoms with van der Waals surface area (Å²) in [6.07, 6.45) is 1.24. The van der Waals surface area contributed by atoms with Gasteiger partial charge in [-0.1, -0.05) is 52.3 Å². The minimum absolute atomic E-state index is 0.0759. The van der Waals surface area contributed by atoms with Gasteiger partial charge in [0.25, 0.3) is 0 Å². The average Bonchev–Trinajstić information content (AvgIpc) is 3.40. The lowest BCUT2D eigenvalue weighted by atomic mass is 10.0. The number of nitrogens with zero attached hydrogens (tertiary/aromatic N) is 4. The van der Waals surface area contributed by atoms with Crippen molar-refractivity contribution in [3.05, 3.63) is 71.3 Å². The molecule has 0 fully saturated rings. The standard InChI is InChI=1S/C21H22F2N6OS/c1-2-25-19-26-27-20(30-19)29-21(11-6-12-24,14-7-4-3-5-8-14)31-18(28-29)16-13-15(22)9-10-17(16)23/h3-5,7-10,13H,2,6,11-12,24H2,1H3,(H,25,26). The van der Waals surface area contributed by atoms with Crippen molar-refractivity contribution in [2.45, 2.75) is 24.6 Å². The normalized spacial score (nSPS) is 18.3. The Morgan fingerprint density at radius 2 is 1.97 bits per heavy atom. The highest BCUT2D eigenvalue weighted by Gasteiger charge is 2.48. The van der Waals surface area contributed by atoms with E-state index in [-0.39, 0.29) is 17.6 Å². The van der Waals surface area contributed by atoms with Crippen molar-refractivity contribution in [1.82, 2.24) is 10.2 Å². The van der Waals surface area contributed by atoms with E-state index < -0.39 is 16.5 Å². The molecule has 1 aromatic heterocycles. The van der Waals surface area contributed by atoms with Crippen LogP contribution in [0.25, 0.3) is 0 Å². The maximum absolute atomic E-state index is 14.6. The van der Waals surface area contributed by atoms with Crippen LogP contribution in [0.2, 0.25) is 0 Å². The van der Waals surface area contributed by atoms with Gasteiger partial charge in [0.2, 0.25) is 0 Å². The van der Waals surface area contributed by atoms with Crippen molar-refractivity contribution < 1.29 is 13.2 Å². The molecule has 0 amide bonds. The molecule has 3 aromatic rings. The molecule has 10 heteroatoms. The summed E-state index contributed by atoms with van der Waals surface area (Å²) >= 11 is 1.32. The SMILES string of the molecule is CCNc1nnc(N2N=C(c3cc(F)ccc3F)SC2(CCCN)c2ccccc2)o1. The van der Waals surface area contributed by atoms with E-state index in [1.54, 1.807) is 5.01 Å². The van der Waals surface area contributed by atoms with Crippen molar-refractivity contribution in [2.75, 3.05) is 23.4 Å². The van der Waals surface area contributed by atoms with Crippen LogP contribution in [0, 0.1) is 11.6 Å². The number of nitrogens with one attached hydrogen (secondary N) is 1. The van der Waals surface area contributed by atoms with E-state index in [2.05, 4.69) is 20.6 Å². The van der Waals surface area contributed by atoms with Crippen LogP contribution in [0.4, 0.5) is 20.8 Å². The van der Waals surface area contributed by atoms with Crippen LogP contribution >= 0.6 is 11.8 Å². The molecule has 31 heavy (non-hydrogen) atoms. The first kappa shape index (κ1) is 21.3. The molecule has 1 aliphatic heterocycles. The van der Waals surface area contributed by atoms with E-state index in [0.29, 0.717) is 31.0 Å². The van der Waals surface area contributed by atoms with Gasteiger partial charge in [0.1, 0.15) is 21.5 Å². The molecule has 2 aromatic carbocycles. The van der Waals surface area contributed by atoms with Crippen LogP contribution in [0.1, 0.15) is 30.9 Å². The number of anilines is 2. The van der Waals surface area contributed by atoms with Crippen LogP contribution in [0.3, 0.4) is 0 Å². The third kappa shape index (κ3) is 4.13. The summed E-state index contributed by atoms with van der Waals surface area (Å²) in [5, 5.41) is 17.7. The van der Waals surface area contributed by atoms with Crippen LogP contribution in [-0.2, 0) is 4.87 Å². The van der Waals surface area contributed by atoms with E-state index in [0.717, 1.165) is 23.8 Å². The molecule has 1 unspecified atom stereocenters. The molecule has 0 saturated carbocycles. The zero-order valence-electron chi connectivity index (χ0n) is 16.9. The molecule has 0 aliphatic carbocycles. The number of nitrogens with two attached hydrogens (primary N) is 1. The number of aromatic nitrogens is 2. The van der Waals surface area contributed by atoms with E-state index >= 15 is 0 Å². The molecule has 2 heterocycles. The molecule has 7 nitrogen and oxygen atoms in total. The highest BCUT2D eigenvalue weighted by atomic mass is 32.2. The number of benzene rings is 2. The van der Waals surface area contributed by atoms with E-state index in [1.165, 1.54) is 11.8 Å². The summed E-state index contributed by atoms with van der Waals surface area (Å²) in [4.78, 5) is -0.815. The number of hydrogen-bond donors (Lipinski definition) is 2. The fraction of sp³-hybridized carbons (Fsp3) is 0.286. The summed E-state index contributed by atoms with van der Waals surface area (Å²) in [5.74, 6) is -1.10. The van der Waals surface area contributed by atoms with Gasteiger partial charge in [-0.15, -0.1) is 0 Å². The van der Waals surface area contributed by atoms with E-state index in [9.17, 15) is 8.78 Å². The van der Waals surface area contributed by atoms with Crippen LogP contribution in [0.15, 0.2) is 58.0 Å². The summed E-state index contributed by atoms with van der Waals surface area (Å²) in [6.45, 7) is 2.98. The Hall–Kier alpha value is -2.98. The second-order valence-electron chi connectivity index (χ2n) is 6.91. The lowest BCUT2D eigenvalue weighted by Crippen LogP contribution is -2.38. The van der Waals surface area contributed by atoms with Crippen LogP contribution in [0.5, 0.6) is 0 Å². The minimum atomic E-state index is -0.815. The lowest BCUT2D eigenvalue weighted by molar-refractivity contribution is 0.465. The lowest BCUT2D eigenvalue weighted by Gasteiger charge is -2.34. The predicted molar refractivity (Wildman–Crippen MR) is 118 cm³/mol. The van der Waals surface area contributed by atoms with Crippen molar-refractivity contribution in [3.8, 4) is 0 Å². The number of rotatable bonds is 8. The molecule has 162 valence electrons. The summed E-state index contributed by atoms with van der Waals surface area (Å²) < 4.78 is 34.3. The smallest absolute Gasteiger partial charge is 0.342 e. The molecular formula is C21H22F2N6OS. The van der Waals surface area contributed by atoms with Crippen molar-refractivity contribution in [2.24, 2.45) is 10.8 Å². The highest BCUT2D eigenvalue weighted by molar-refractivity contribution is 8.15. The van der Waals surface area contributed by atoms with E-state index in [4.69, 9.17) is 10.2 Å². The van der Waals surface area contributed by atoms with Gasteiger partial charge in [-0.3, -0.25) is 0 Å². The van der Waals surface area contributed by atoms with Gasteiger partial charge in [0.15, 0.2) is 0 Å². The maximum Gasteiger partial charge on any atom is 0.342 e. The van der Waals surface area contributed by atoms with Crippen molar-refractivity contribution >= 4 is 28.8 Å². The van der Waals surface area contributed by atoms with Gasteiger partial charge in [0.05, 0.1) is 0 Å². The predicted octanol–water partition coefficient (Wildman–Crippen LogP) is 4.29. The Balaban J connectivity index is 1.86. The van der Waals surface area contributed by atoms with Gasteiger partial charge in [-0.2, -0.15) is 10.1 Å². The minimum Gasteiger partial charge on any atom is -0.388 e. The Bertz CT molecular complexity index is 1080. The molecule has 0 bridgehead atoms. The van der Waals surface area contributed by atoms with Crippen molar-refractivity contribution in [3.63, 3.8) is 0 Å². The first-order valence-electron chi connectivity index (χ1n) is 9.93. The average molecular weight is 445 g/mol. The van der Waals surface area contributed by atoms with Gasteiger partial charge in [-0.05, 0) is 50.1 Å². The monoisotopic (exact) mass is 444 g/mol. The Labute approximate surface area is 182 Å². The third-order valence-corrected chi connectivity index (χ3v) is 6.27. The first-order valence-corrected chi connectivity index (χ1v) is 10.8. The molecule has 1 atom stereocenters. The van der Waals surface area contributed by atoms with Crippen molar-refractivity contribution in [1.29, 1.82) is 0 Å². The number of thioether (sulfide) groups is 1. The molecular weight excluding hydrogens is 422 g/mol.